The van der Waals surface area contributed by atoms with Crippen LogP contribution in [0.3, 0.4) is 0 Å². The van der Waals surface area contributed by atoms with Crippen LogP contribution in [0.15, 0.2) is 34.4 Å². The minimum Gasteiger partial charge on any atom is -0.461 e. The predicted molar refractivity (Wildman–Crippen MR) is 105 cm³/mol. The molecular formula is C18H15ClFN3O4S. The van der Waals surface area contributed by atoms with E-state index in [4.69, 9.17) is 16.3 Å². The zero-order valence-corrected chi connectivity index (χ0v) is 16.4. The number of nitrogens with one attached hydrogen (secondary N) is 1. The van der Waals surface area contributed by atoms with Gasteiger partial charge in [0.25, 0.3) is 5.56 Å². The number of rotatable bonds is 5. The van der Waals surface area contributed by atoms with Gasteiger partial charge in [-0.3, -0.25) is 9.59 Å². The van der Waals surface area contributed by atoms with E-state index in [0.717, 1.165) is 16.0 Å². The topological polar surface area (TPSA) is 90.3 Å². The number of benzene rings is 1. The Balaban J connectivity index is 2.31. The zero-order chi connectivity index (χ0) is 20.4. The van der Waals surface area contributed by atoms with Crippen LogP contribution in [0, 0.1) is 5.82 Å². The number of amides is 1. The van der Waals surface area contributed by atoms with E-state index in [2.05, 4.69) is 10.4 Å². The monoisotopic (exact) mass is 423 g/mol. The highest BCUT2D eigenvalue weighted by atomic mass is 35.5. The molecule has 146 valence electrons. The zero-order valence-electron chi connectivity index (χ0n) is 14.9. The molecule has 1 unspecified atom stereocenters. The number of aromatic nitrogens is 2. The molecule has 1 atom stereocenters. The molecule has 0 aliphatic carbocycles. The van der Waals surface area contributed by atoms with Crippen molar-refractivity contribution in [3.8, 4) is 5.69 Å². The lowest BCUT2D eigenvalue weighted by atomic mass is 10.2. The highest BCUT2D eigenvalue weighted by Crippen LogP contribution is 2.31. The molecule has 1 amide bonds. The van der Waals surface area contributed by atoms with Crippen LogP contribution in [0.4, 0.5) is 9.39 Å². The smallest absolute Gasteiger partial charge is 0.359 e. The number of para-hydroxylation sites is 1. The van der Waals surface area contributed by atoms with Crippen molar-refractivity contribution in [2.45, 2.75) is 19.2 Å². The van der Waals surface area contributed by atoms with Gasteiger partial charge in [-0.2, -0.15) is 9.78 Å². The molecule has 0 saturated heterocycles. The van der Waals surface area contributed by atoms with Gasteiger partial charge in [0.1, 0.15) is 21.9 Å². The maximum Gasteiger partial charge on any atom is 0.359 e. The van der Waals surface area contributed by atoms with Gasteiger partial charge in [0.2, 0.25) is 5.91 Å². The molecular weight excluding hydrogens is 409 g/mol. The Kier molecular flexibility index (Phi) is 5.76. The van der Waals surface area contributed by atoms with Gasteiger partial charge in [-0.15, -0.1) is 22.9 Å². The summed E-state index contributed by atoms with van der Waals surface area (Å²) < 4.78 is 20.1. The van der Waals surface area contributed by atoms with Crippen molar-refractivity contribution < 1.29 is 18.7 Å². The van der Waals surface area contributed by atoms with Gasteiger partial charge >= 0.3 is 5.97 Å². The maximum absolute atomic E-state index is 14.3. The first-order valence-electron chi connectivity index (χ1n) is 8.26. The summed E-state index contributed by atoms with van der Waals surface area (Å²) in [4.78, 5) is 37.4. The van der Waals surface area contributed by atoms with Crippen molar-refractivity contribution in [2.24, 2.45) is 0 Å². The molecule has 2 aromatic heterocycles. The van der Waals surface area contributed by atoms with Crippen LogP contribution in [-0.4, -0.2) is 33.6 Å². The summed E-state index contributed by atoms with van der Waals surface area (Å²) >= 11 is 6.82. The fourth-order valence-electron chi connectivity index (χ4n) is 2.49. The molecule has 0 aliphatic rings. The summed E-state index contributed by atoms with van der Waals surface area (Å²) in [5.74, 6) is -1.97. The largest absolute Gasteiger partial charge is 0.461 e. The van der Waals surface area contributed by atoms with Gasteiger partial charge in [0.15, 0.2) is 5.69 Å². The SMILES string of the molecule is CCOC(=O)c1nn(-c2ccccc2F)c(=O)c2c(NC(=O)C(C)Cl)scc12. The van der Waals surface area contributed by atoms with Gasteiger partial charge < -0.3 is 10.1 Å². The van der Waals surface area contributed by atoms with E-state index >= 15 is 0 Å². The van der Waals surface area contributed by atoms with Crippen molar-refractivity contribution in [3.05, 3.63) is 51.5 Å². The second-order valence-electron chi connectivity index (χ2n) is 5.70. The van der Waals surface area contributed by atoms with E-state index in [1.165, 1.54) is 36.6 Å². The highest BCUT2D eigenvalue weighted by molar-refractivity contribution is 7.16. The summed E-state index contributed by atoms with van der Waals surface area (Å²) in [7, 11) is 0. The van der Waals surface area contributed by atoms with Crippen LogP contribution >= 0.6 is 22.9 Å². The molecule has 0 saturated carbocycles. The van der Waals surface area contributed by atoms with Gasteiger partial charge in [-0.25, -0.2) is 9.18 Å². The lowest BCUT2D eigenvalue weighted by Crippen LogP contribution is -2.27. The number of alkyl halides is 1. The third-order valence-electron chi connectivity index (χ3n) is 3.80. The molecule has 0 fully saturated rings. The molecule has 7 nitrogen and oxygen atoms in total. The predicted octanol–water partition coefficient (Wildman–Crippen LogP) is 3.33. The Morgan fingerprint density at radius 3 is 2.75 bits per heavy atom. The van der Waals surface area contributed by atoms with Crippen LogP contribution in [0.25, 0.3) is 16.5 Å². The number of hydrogen-bond donors (Lipinski definition) is 1. The fourth-order valence-corrected chi connectivity index (χ4v) is 3.48. The summed E-state index contributed by atoms with van der Waals surface area (Å²) in [5, 5.41) is 7.69. The van der Waals surface area contributed by atoms with E-state index < -0.39 is 28.6 Å². The van der Waals surface area contributed by atoms with Crippen molar-refractivity contribution in [1.82, 2.24) is 9.78 Å². The molecule has 1 aromatic carbocycles. The van der Waals surface area contributed by atoms with Gasteiger partial charge in [0.05, 0.1) is 12.0 Å². The lowest BCUT2D eigenvalue weighted by Gasteiger charge is -2.10. The molecule has 0 spiro atoms. The second-order valence-corrected chi connectivity index (χ2v) is 7.23. The fraction of sp³-hybridized carbons (Fsp3) is 0.222. The molecule has 0 radical (unpaired) electrons. The van der Waals surface area contributed by atoms with E-state index in [9.17, 15) is 18.8 Å². The average molecular weight is 424 g/mol. The lowest BCUT2D eigenvalue weighted by molar-refractivity contribution is -0.115. The van der Waals surface area contributed by atoms with Gasteiger partial charge in [-0.1, -0.05) is 12.1 Å². The molecule has 10 heteroatoms. The first-order chi connectivity index (χ1) is 13.3. The summed E-state index contributed by atoms with van der Waals surface area (Å²) in [6.07, 6.45) is 0. The van der Waals surface area contributed by atoms with E-state index in [-0.39, 0.29) is 33.8 Å². The molecule has 3 aromatic rings. The number of esters is 1. The number of carbonyl (C=O) groups is 2. The standard InChI is InChI=1S/C18H15ClFN3O4S/c1-3-27-18(26)14-10-8-28-16(21-15(24)9(2)19)13(10)17(25)23(22-14)12-7-5-4-6-11(12)20/h4-9H,3H2,1-2H3,(H,21,24). The molecule has 0 aliphatic heterocycles. The number of anilines is 1. The number of ether oxygens (including phenoxy) is 1. The van der Waals surface area contributed by atoms with Gasteiger partial charge in [0, 0.05) is 10.8 Å². The minimum atomic E-state index is -0.836. The van der Waals surface area contributed by atoms with Crippen LogP contribution in [0.1, 0.15) is 24.3 Å². The summed E-state index contributed by atoms with van der Waals surface area (Å²) in [5.41, 5.74) is -0.976. The molecule has 3 rings (SSSR count). The van der Waals surface area contributed by atoms with Crippen LogP contribution in [0.5, 0.6) is 0 Å². The molecule has 0 bridgehead atoms. The first kappa shape index (κ1) is 20.0. The minimum absolute atomic E-state index is 0.0250. The van der Waals surface area contributed by atoms with Crippen molar-refractivity contribution >= 4 is 50.6 Å². The number of hydrogen-bond acceptors (Lipinski definition) is 6. The number of nitrogens with zero attached hydrogens (tertiary/aromatic N) is 2. The molecule has 28 heavy (non-hydrogen) atoms. The maximum atomic E-state index is 14.3. The Morgan fingerprint density at radius 2 is 2.11 bits per heavy atom. The highest BCUT2D eigenvalue weighted by Gasteiger charge is 2.24. The number of halogens is 2. The second kappa shape index (κ2) is 8.07. The van der Waals surface area contributed by atoms with Crippen LogP contribution in [0.2, 0.25) is 0 Å². The third-order valence-corrected chi connectivity index (χ3v) is 4.89. The Bertz CT molecular complexity index is 1130. The first-order valence-corrected chi connectivity index (χ1v) is 9.58. The van der Waals surface area contributed by atoms with Crippen molar-refractivity contribution in [2.75, 3.05) is 11.9 Å². The Labute approximate surface area is 167 Å². The number of carbonyl (C=O) groups excluding carboxylic acids is 2. The third kappa shape index (κ3) is 3.63. The Morgan fingerprint density at radius 1 is 1.39 bits per heavy atom. The summed E-state index contributed by atoms with van der Waals surface area (Å²) in [6, 6.07) is 5.53. The summed E-state index contributed by atoms with van der Waals surface area (Å²) in [6.45, 7) is 3.21. The molecule has 2 heterocycles. The number of fused-ring (bicyclic) bond motifs is 1. The average Bonchev–Trinajstić information content (AvgIpc) is 3.07. The number of thiophene rings is 1. The van der Waals surface area contributed by atoms with Gasteiger partial charge in [-0.05, 0) is 26.0 Å². The van der Waals surface area contributed by atoms with Crippen LogP contribution < -0.4 is 10.9 Å². The van der Waals surface area contributed by atoms with E-state index in [1.54, 1.807) is 6.92 Å². The van der Waals surface area contributed by atoms with E-state index in [0.29, 0.717) is 0 Å². The molecule has 1 N–H and O–H groups in total. The van der Waals surface area contributed by atoms with E-state index in [1.807, 2.05) is 0 Å². The van der Waals surface area contributed by atoms with Crippen molar-refractivity contribution in [3.63, 3.8) is 0 Å². The Hall–Kier alpha value is -2.78. The van der Waals surface area contributed by atoms with Crippen molar-refractivity contribution in [1.29, 1.82) is 0 Å². The van der Waals surface area contributed by atoms with Crippen LogP contribution in [-0.2, 0) is 9.53 Å². The quantitative estimate of drug-likeness (QED) is 0.502. The normalized spacial score (nSPS) is 12.0.